The third-order valence-corrected chi connectivity index (χ3v) is 3.67. The van der Waals surface area contributed by atoms with Gasteiger partial charge in [-0.05, 0) is 31.9 Å². The number of hydrogen-bond acceptors (Lipinski definition) is 3. The maximum atomic E-state index is 12.3. The molecule has 0 aliphatic carbocycles. The zero-order valence-electron chi connectivity index (χ0n) is 11.1. The van der Waals surface area contributed by atoms with Crippen LogP contribution >= 0.6 is 0 Å². The highest BCUT2D eigenvalue weighted by molar-refractivity contribution is 5.86. The molecule has 2 N–H and O–H groups in total. The number of likely N-dealkylation sites (N-methyl/N-ethyl adjacent to an activating group) is 1. The molecule has 0 spiro atoms. The van der Waals surface area contributed by atoms with Crippen LogP contribution in [0.4, 0.5) is 11.4 Å². The fourth-order valence-corrected chi connectivity index (χ4v) is 2.38. The van der Waals surface area contributed by atoms with E-state index in [4.69, 9.17) is 5.73 Å². The fourth-order valence-electron chi connectivity index (χ4n) is 2.38. The summed E-state index contributed by atoms with van der Waals surface area (Å²) in [6.45, 7) is 3.72. The van der Waals surface area contributed by atoms with Gasteiger partial charge in [-0.1, -0.05) is 12.1 Å². The molecule has 1 aromatic rings. The minimum Gasteiger partial charge on any atom is -0.397 e. The Labute approximate surface area is 108 Å². The van der Waals surface area contributed by atoms with Crippen molar-refractivity contribution in [2.45, 2.75) is 25.8 Å². The Balaban J connectivity index is 2.10. The van der Waals surface area contributed by atoms with Gasteiger partial charge in [-0.2, -0.15) is 0 Å². The van der Waals surface area contributed by atoms with E-state index >= 15 is 0 Å². The van der Waals surface area contributed by atoms with Crippen molar-refractivity contribution in [3.63, 3.8) is 0 Å². The first-order chi connectivity index (χ1) is 8.61. The van der Waals surface area contributed by atoms with Gasteiger partial charge in [0.1, 0.15) is 6.04 Å². The quantitative estimate of drug-likeness (QED) is 0.827. The number of anilines is 2. The average Bonchev–Trinajstić information content (AvgIpc) is 2.90. The molecule has 0 bridgehead atoms. The third kappa shape index (κ3) is 2.42. The van der Waals surface area contributed by atoms with Gasteiger partial charge >= 0.3 is 0 Å². The molecule has 1 amide bonds. The number of rotatable bonds is 3. The first kappa shape index (κ1) is 12.7. The van der Waals surface area contributed by atoms with E-state index in [-0.39, 0.29) is 11.9 Å². The van der Waals surface area contributed by atoms with Crippen LogP contribution in [-0.4, -0.2) is 37.0 Å². The summed E-state index contributed by atoms with van der Waals surface area (Å²) in [5, 5.41) is 0. The van der Waals surface area contributed by atoms with E-state index < -0.39 is 0 Å². The summed E-state index contributed by atoms with van der Waals surface area (Å²) >= 11 is 0. The highest BCUT2D eigenvalue weighted by Gasteiger charge is 2.26. The van der Waals surface area contributed by atoms with Crippen molar-refractivity contribution in [2.24, 2.45) is 0 Å². The predicted molar refractivity (Wildman–Crippen MR) is 74.5 cm³/mol. The second-order valence-electron chi connectivity index (χ2n) is 4.88. The van der Waals surface area contributed by atoms with Crippen molar-refractivity contribution in [1.29, 1.82) is 0 Å². The van der Waals surface area contributed by atoms with E-state index in [2.05, 4.69) is 0 Å². The molecule has 1 saturated heterocycles. The largest absolute Gasteiger partial charge is 0.397 e. The van der Waals surface area contributed by atoms with Crippen LogP contribution in [0.3, 0.4) is 0 Å². The Morgan fingerprint density at radius 1 is 1.33 bits per heavy atom. The van der Waals surface area contributed by atoms with Gasteiger partial charge in [0, 0.05) is 20.1 Å². The van der Waals surface area contributed by atoms with Crippen LogP contribution in [0.2, 0.25) is 0 Å². The summed E-state index contributed by atoms with van der Waals surface area (Å²) in [6, 6.07) is 7.48. The van der Waals surface area contributed by atoms with Gasteiger partial charge < -0.3 is 15.5 Å². The third-order valence-electron chi connectivity index (χ3n) is 3.67. The monoisotopic (exact) mass is 247 g/mol. The molecule has 0 saturated carbocycles. The Kier molecular flexibility index (Phi) is 3.75. The Bertz CT molecular complexity index is 427. The van der Waals surface area contributed by atoms with Crippen LogP contribution in [-0.2, 0) is 4.79 Å². The molecule has 1 fully saturated rings. The molecular weight excluding hydrogens is 226 g/mol. The normalized spacial score (nSPS) is 16.7. The van der Waals surface area contributed by atoms with E-state index in [1.54, 1.807) is 0 Å². The lowest BCUT2D eigenvalue weighted by molar-refractivity contribution is -0.131. The van der Waals surface area contributed by atoms with Crippen molar-refractivity contribution >= 4 is 17.3 Å². The molecule has 0 radical (unpaired) electrons. The van der Waals surface area contributed by atoms with Crippen LogP contribution in [0.25, 0.3) is 0 Å². The average molecular weight is 247 g/mol. The van der Waals surface area contributed by atoms with Gasteiger partial charge in [0.15, 0.2) is 0 Å². The summed E-state index contributed by atoms with van der Waals surface area (Å²) in [7, 11) is 1.92. The highest BCUT2D eigenvalue weighted by Crippen LogP contribution is 2.24. The number of benzene rings is 1. The molecule has 1 atom stereocenters. The number of nitrogens with zero attached hydrogens (tertiary/aromatic N) is 2. The van der Waals surface area contributed by atoms with Crippen molar-refractivity contribution in [3.05, 3.63) is 24.3 Å². The number of nitrogens with two attached hydrogens (primary N) is 1. The molecule has 1 aliphatic heterocycles. The second-order valence-corrected chi connectivity index (χ2v) is 4.88. The van der Waals surface area contributed by atoms with Gasteiger partial charge in [-0.3, -0.25) is 4.79 Å². The lowest BCUT2D eigenvalue weighted by atomic mass is 10.2. The van der Waals surface area contributed by atoms with Crippen LogP contribution < -0.4 is 10.6 Å². The highest BCUT2D eigenvalue weighted by atomic mass is 16.2. The lowest BCUT2D eigenvalue weighted by Gasteiger charge is -2.30. The lowest BCUT2D eigenvalue weighted by Crippen LogP contribution is -2.44. The Morgan fingerprint density at radius 3 is 2.56 bits per heavy atom. The number of nitrogen functional groups attached to an aromatic ring is 1. The minimum atomic E-state index is -0.173. The predicted octanol–water partition coefficient (Wildman–Crippen LogP) is 1.72. The number of hydrogen-bond donors (Lipinski definition) is 1. The molecule has 18 heavy (non-hydrogen) atoms. The molecular formula is C14H21N3O. The van der Waals surface area contributed by atoms with Crippen molar-refractivity contribution in [2.75, 3.05) is 30.8 Å². The number of carbonyl (C=O) groups excluding carboxylic acids is 1. The van der Waals surface area contributed by atoms with Crippen LogP contribution in [0.15, 0.2) is 24.3 Å². The van der Waals surface area contributed by atoms with Crippen LogP contribution in [0.5, 0.6) is 0 Å². The zero-order chi connectivity index (χ0) is 13.1. The molecule has 1 aromatic carbocycles. The topological polar surface area (TPSA) is 49.6 Å². The molecule has 98 valence electrons. The minimum absolute atomic E-state index is 0.173. The van der Waals surface area contributed by atoms with Gasteiger partial charge in [0.25, 0.3) is 0 Å². The summed E-state index contributed by atoms with van der Waals surface area (Å²) in [6.07, 6.45) is 2.24. The van der Waals surface area contributed by atoms with Crippen LogP contribution in [0.1, 0.15) is 19.8 Å². The standard InChI is InChI=1S/C14H21N3O/c1-11(14(18)17-9-5-6-10-17)16(2)13-8-4-3-7-12(13)15/h3-4,7-8,11H,5-6,9-10,15H2,1-2H3. The van der Waals surface area contributed by atoms with Crippen LogP contribution in [0, 0.1) is 0 Å². The van der Waals surface area contributed by atoms with Gasteiger partial charge in [-0.15, -0.1) is 0 Å². The van der Waals surface area contributed by atoms with Crippen molar-refractivity contribution in [3.8, 4) is 0 Å². The molecule has 0 aromatic heterocycles. The second kappa shape index (κ2) is 5.29. The van der Waals surface area contributed by atoms with Gasteiger partial charge in [-0.25, -0.2) is 0 Å². The number of likely N-dealkylation sites (tertiary alicyclic amines) is 1. The van der Waals surface area contributed by atoms with Crippen molar-refractivity contribution < 1.29 is 4.79 Å². The summed E-state index contributed by atoms with van der Waals surface area (Å²) in [5.74, 6) is 0.193. The first-order valence-electron chi connectivity index (χ1n) is 6.47. The number of carbonyl (C=O) groups is 1. The molecule has 1 heterocycles. The summed E-state index contributed by atoms with van der Waals surface area (Å²) in [5.41, 5.74) is 7.57. The summed E-state index contributed by atoms with van der Waals surface area (Å²) in [4.78, 5) is 16.2. The SMILES string of the molecule is CC(C(=O)N1CCCC1)N(C)c1ccccc1N. The smallest absolute Gasteiger partial charge is 0.244 e. The van der Waals surface area contributed by atoms with Gasteiger partial charge in [0.05, 0.1) is 11.4 Å². The molecule has 1 aliphatic rings. The van der Waals surface area contributed by atoms with E-state index in [9.17, 15) is 4.79 Å². The van der Waals surface area contributed by atoms with E-state index in [1.165, 1.54) is 0 Å². The maximum Gasteiger partial charge on any atom is 0.244 e. The maximum absolute atomic E-state index is 12.3. The number of para-hydroxylation sites is 2. The van der Waals surface area contributed by atoms with E-state index in [0.29, 0.717) is 5.69 Å². The molecule has 2 rings (SSSR count). The zero-order valence-corrected chi connectivity index (χ0v) is 11.1. The Morgan fingerprint density at radius 2 is 1.94 bits per heavy atom. The van der Waals surface area contributed by atoms with Gasteiger partial charge in [0.2, 0.25) is 5.91 Å². The van der Waals surface area contributed by atoms with E-state index in [0.717, 1.165) is 31.6 Å². The number of amides is 1. The molecule has 1 unspecified atom stereocenters. The molecule has 4 nitrogen and oxygen atoms in total. The Hall–Kier alpha value is -1.71. The molecule has 4 heteroatoms. The first-order valence-corrected chi connectivity index (χ1v) is 6.47. The fraction of sp³-hybridized carbons (Fsp3) is 0.500. The van der Waals surface area contributed by atoms with Crippen molar-refractivity contribution in [1.82, 2.24) is 4.90 Å². The van der Waals surface area contributed by atoms with E-state index in [1.807, 2.05) is 48.0 Å². The summed E-state index contributed by atoms with van der Waals surface area (Å²) < 4.78 is 0.